The molecule has 1 aromatic carbocycles. The van der Waals surface area contributed by atoms with Crippen molar-refractivity contribution in [2.45, 2.75) is 32.9 Å². The number of nitrogens with two attached hydrogens (primary N) is 1. The zero-order valence-corrected chi connectivity index (χ0v) is 11.3. The molecule has 0 saturated heterocycles. The summed E-state index contributed by atoms with van der Waals surface area (Å²) in [6, 6.07) is 11.0. The van der Waals surface area contributed by atoms with E-state index in [1.54, 1.807) is 6.07 Å². The lowest BCUT2D eigenvalue weighted by Gasteiger charge is -2.13. The van der Waals surface area contributed by atoms with Crippen LogP contribution >= 0.6 is 0 Å². The second-order valence-electron chi connectivity index (χ2n) is 4.71. The molecule has 0 aliphatic carbocycles. The molecule has 0 aliphatic heterocycles. The van der Waals surface area contributed by atoms with Crippen LogP contribution in [0.5, 0.6) is 0 Å². The first-order chi connectivity index (χ1) is 9.11. The Labute approximate surface area is 112 Å². The van der Waals surface area contributed by atoms with Gasteiger partial charge in [-0.25, -0.2) is 4.68 Å². The van der Waals surface area contributed by atoms with Crippen LogP contribution in [0.3, 0.4) is 0 Å². The van der Waals surface area contributed by atoms with Crippen molar-refractivity contribution in [3.05, 3.63) is 63.6 Å². The summed E-state index contributed by atoms with van der Waals surface area (Å²) in [5.74, 6) is 0. The third-order valence-corrected chi connectivity index (χ3v) is 3.08. The lowest BCUT2D eigenvalue weighted by atomic mass is 10.0. The van der Waals surface area contributed by atoms with Crippen molar-refractivity contribution in [1.29, 1.82) is 0 Å². The summed E-state index contributed by atoms with van der Waals surface area (Å²) in [5, 5.41) is 4.34. The van der Waals surface area contributed by atoms with Gasteiger partial charge >= 0.3 is 0 Å². The van der Waals surface area contributed by atoms with Gasteiger partial charge in [0.15, 0.2) is 0 Å². The van der Waals surface area contributed by atoms with Gasteiger partial charge in [-0.05, 0) is 25.0 Å². The van der Waals surface area contributed by atoms with Crippen LogP contribution in [0.4, 0.5) is 0 Å². The molecule has 0 saturated carbocycles. The van der Waals surface area contributed by atoms with E-state index in [0.717, 1.165) is 17.7 Å². The Morgan fingerprint density at radius 1 is 1.21 bits per heavy atom. The van der Waals surface area contributed by atoms with E-state index in [1.165, 1.54) is 16.3 Å². The lowest BCUT2D eigenvalue weighted by Crippen LogP contribution is -2.25. The molecule has 19 heavy (non-hydrogen) atoms. The van der Waals surface area contributed by atoms with E-state index >= 15 is 0 Å². The van der Waals surface area contributed by atoms with Crippen LogP contribution in [0.1, 0.15) is 36.2 Å². The summed E-state index contributed by atoms with van der Waals surface area (Å²) in [7, 11) is 0. The Kier molecular flexibility index (Phi) is 4.12. The Morgan fingerprint density at radius 2 is 1.89 bits per heavy atom. The van der Waals surface area contributed by atoms with Gasteiger partial charge in [-0.15, -0.1) is 0 Å². The fourth-order valence-electron chi connectivity index (χ4n) is 1.95. The molecule has 2 N–H and O–H groups in total. The molecule has 0 amide bonds. The van der Waals surface area contributed by atoms with Gasteiger partial charge in [-0.1, -0.05) is 36.8 Å². The van der Waals surface area contributed by atoms with Gasteiger partial charge in [0.25, 0.3) is 5.56 Å². The van der Waals surface area contributed by atoms with Crippen molar-refractivity contribution in [3.63, 3.8) is 0 Å². The molecule has 1 heterocycles. The molecule has 0 radical (unpaired) electrons. The number of nitrogens with zero attached hydrogens (tertiary/aromatic N) is 2. The highest BCUT2D eigenvalue weighted by Gasteiger charge is 2.11. The maximum Gasteiger partial charge on any atom is 0.266 e. The van der Waals surface area contributed by atoms with Crippen molar-refractivity contribution in [3.8, 4) is 0 Å². The molecule has 1 atom stereocenters. The van der Waals surface area contributed by atoms with E-state index in [9.17, 15) is 4.79 Å². The molecule has 1 aromatic heterocycles. The van der Waals surface area contributed by atoms with Crippen molar-refractivity contribution in [1.82, 2.24) is 9.78 Å². The average molecular weight is 257 g/mol. The highest BCUT2D eigenvalue weighted by atomic mass is 16.1. The minimum Gasteiger partial charge on any atom is -0.319 e. The predicted molar refractivity (Wildman–Crippen MR) is 76.0 cm³/mol. The van der Waals surface area contributed by atoms with Gasteiger partial charge < -0.3 is 5.73 Å². The van der Waals surface area contributed by atoms with Crippen molar-refractivity contribution >= 4 is 0 Å². The highest BCUT2D eigenvalue weighted by molar-refractivity contribution is 5.29. The molecule has 0 fully saturated rings. The van der Waals surface area contributed by atoms with Crippen LogP contribution in [0.15, 0.2) is 41.2 Å². The summed E-state index contributed by atoms with van der Waals surface area (Å²) in [6.07, 6.45) is 0.871. The Morgan fingerprint density at radius 3 is 2.53 bits per heavy atom. The van der Waals surface area contributed by atoms with Crippen LogP contribution in [0, 0.1) is 6.92 Å². The summed E-state index contributed by atoms with van der Waals surface area (Å²) in [5.41, 5.74) is 9.04. The molecular weight excluding hydrogens is 238 g/mol. The first kappa shape index (κ1) is 13.5. The maximum atomic E-state index is 11.6. The summed E-state index contributed by atoms with van der Waals surface area (Å²) in [6.45, 7) is 4.67. The Hall–Kier alpha value is -1.94. The van der Waals surface area contributed by atoms with Crippen LogP contribution < -0.4 is 11.3 Å². The van der Waals surface area contributed by atoms with E-state index < -0.39 is 0 Å². The first-order valence-corrected chi connectivity index (χ1v) is 6.52. The van der Waals surface area contributed by atoms with Crippen molar-refractivity contribution in [2.24, 2.45) is 5.73 Å². The Bertz CT molecular complexity index is 602. The normalized spacial score (nSPS) is 12.4. The minimum absolute atomic E-state index is 0.0818. The average Bonchev–Trinajstić information content (AvgIpc) is 2.41. The van der Waals surface area contributed by atoms with E-state index in [0.29, 0.717) is 6.54 Å². The second-order valence-corrected chi connectivity index (χ2v) is 4.71. The topological polar surface area (TPSA) is 60.9 Å². The van der Waals surface area contributed by atoms with Crippen LogP contribution in [0.2, 0.25) is 0 Å². The molecule has 2 aromatic rings. The van der Waals surface area contributed by atoms with Crippen LogP contribution in [-0.4, -0.2) is 9.78 Å². The zero-order chi connectivity index (χ0) is 13.8. The summed E-state index contributed by atoms with van der Waals surface area (Å²) in [4.78, 5) is 11.6. The maximum absolute atomic E-state index is 11.6. The number of aromatic nitrogens is 2. The van der Waals surface area contributed by atoms with Gasteiger partial charge in [-0.2, -0.15) is 5.10 Å². The fourth-order valence-corrected chi connectivity index (χ4v) is 1.95. The first-order valence-electron chi connectivity index (χ1n) is 6.52. The van der Waals surface area contributed by atoms with Crippen molar-refractivity contribution in [2.75, 3.05) is 0 Å². The predicted octanol–water partition coefficient (Wildman–Crippen LogP) is 2.01. The summed E-state index contributed by atoms with van der Waals surface area (Å²) >= 11 is 0. The molecule has 0 bridgehead atoms. The molecule has 4 nitrogen and oxygen atoms in total. The Balaban J connectivity index is 2.33. The molecule has 100 valence electrons. The third kappa shape index (κ3) is 3.09. The zero-order valence-electron chi connectivity index (χ0n) is 11.3. The smallest absolute Gasteiger partial charge is 0.266 e. The molecular formula is C15H19N3O. The lowest BCUT2D eigenvalue weighted by molar-refractivity contribution is 0.548. The minimum atomic E-state index is -0.302. The molecule has 4 heteroatoms. The third-order valence-electron chi connectivity index (χ3n) is 3.08. The molecule has 0 spiro atoms. The quantitative estimate of drug-likeness (QED) is 0.911. The van der Waals surface area contributed by atoms with E-state index in [4.69, 9.17) is 5.73 Å². The van der Waals surface area contributed by atoms with Gasteiger partial charge in [0.2, 0.25) is 0 Å². The molecule has 1 unspecified atom stereocenters. The second kappa shape index (κ2) is 5.80. The van der Waals surface area contributed by atoms with Crippen molar-refractivity contribution < 1.29 is 0 Å². The summed E-state index contributed by atoms with van der Waals surface area (Å²) < 4.78 is 1.48. The number of rotatable bonds is 4. The highest BCUT2D eigenvalue weighted by Crippen LogP contribution is 2.17. The van der Waals surface area contributed by atoms with Gasteiger partial charge in [-0.3, -0.25) is 4.79 Å². The number of hydrogen-bond acceptors (Lipinski definition) is 3. The largest absolute Gasteiger partial charge is 0.319 e. The molecule has 2 rings (SSSR count). The van der Waals surface area contributed by atoms with Gasteiger partial charge in [0, 0.05) is 12.6 Å². The van der Waals surface area contributed by atoms with Gasteiger partial charge in [0.1, 0.15) is 0 Å². The standard InChI is InChI=1S/C15H19N3O/c1-3-10-18-14(19)9-8-13(17-18)15(16)12-6-4-11(2)5-7-12/h4-9,15H,3,10,16H2,1-2H3. The monoisotopic (exact) mass is 257 g/mol. The fraction of sp³-hybridized carbons (Fsp3) is 0.333. The molecule has 0 aliphatic rings. The van der Waals surface area contributed by atoms with Crippen LogP contribution in [0.25, 0.3) is 0 Å². The van der Waals surface area contributed by atoms with E-state index in [2.05, 4.69) is 5.10 Å². The number of hydrogen-bond donors (Lipinski definition) is 1. The number of benzene rings is 1. The SMILES string of the molecule is CCCn1nc(C(N)c2ccc(C)cc2)ccc1=O. The number of aryl methyl sites for hydroxylation is 2. The van der Waals surface area contributed by atoms with Gasteiger partial charge in [0.05, 0.1) is 11.7 Å². The van der Waals surface area contributed by atoms with E-state index in [-0.39, 0.29) is 11.6 Å². The van der Waals surface area contributed by atoms with E-state index in [1.807, 2.05) is 38.1 Å². The van der Waals surface area contributed by atoms with Crippen LogP contribution in [-0.2, 0) is 6.54 Å².